The molecule has 7 nitrogen and oxygen atoms in total. The van der Waals surface area contributed by atoms with Gasteiger partial charge in [-0.05, 0) is 23.1 Å². The second kappa shape index (κ2) is 6.21. The van der Waals surface area contributed by atoms with Crippen molar-refractivity contribution in [3.63, 3.8) is 0 Å². The molecule has 0 aliphatic heterocycles. The summed E-state index contributed by atoms with van der Waals surface area (Å²) in [5.41, 5.74) is -0.650. The Kier molecular flexibility index (Phi) is 4.36. The number of nitro groups is 1. The third kappa shape index (κ3) is 3.38. The number of H-pyrrole nitrogens is 2. The van der Waals surface area contributed by atoms with Gasteiger partial charge in [0.1, 0.15) is 5.69 Å². The molecule has 0 spiro atoms. The highest BCUT2D eigenvalue weighted by Gasteiger charge is 2.18. The Morgan fingerprint density at radius 1 is 1.09 bits per heavy atom. The maximum absolute atomic E-state index is 11.5. The third-order valence-electron chi connectivity index (χ3n) is 3.17. The minimum absolute atomic E-state index is 0.133. The van der Waals surface area contributed by atoms with Gasteiger partial charge in [0.05, 0.1) is 4.92 Å². The molecule has 114 valence electrons. The van der Waals surface area contributed by atoms with Crippen LogP contribution in [-0.2, 0) is 0 Å². The van der Waals surface area contributed by atoms with Gasteiger partial charge in [-0.2, -0.15) is 0 Å². The summed E-state index contributed by atoms with van der Waals surface area (Å²) in [6.07, 6.45) is 2.95. The predicted octanol–water partition coefficient (Wildman–Crippen LogP) is 2.27. The number of nitrogens with one attached hydrogen (secondary N) is 2. The lowest BCUT2D eigenvalue weighted by molar-refractivity contribution is -0.386. The number of aromatic nitrogens is 2. The first-order chi connectivity index (χ1) is 10.4. The number of benzene rings is 1. The summed E-state index contributed by atoms with van der Waals surface area (Å²) in [4.78, 5) is 36.9. The zero-order valence-electron chi connectivity index (χ0n) is 12.1. The summed E-state index contributed by atoms with van der Waals surface area (Å²) < 4.78 is 0. The molecule has 0 saturated heterocycles. The van der Waals surface area contributed by atoms with E-state index >= 15 is 0 Å². The average Bonchev–Trinajstić information content (AvgIpc) is 2.44. The molecule has 7 heteroatoms. The monoisotopic (exact) mass is 301 g/mol. The minimum atomic E-state index is -1.02. The number of hydrogen-bond acceptors (Lipinski definition) is 4. The molecule has 0 saturated carbocycles. The Labute approximate surface area is 125 Å². The maximum atomic E-state index is 11.5. The largest absolute Gasteiger partial charge is 0.357 e. The lowest BCUT2D eigenvalue weighted by atomic mass is 10.0. The van der Waals surface area contributed by atoms with Crippen LogP contribution in [0.3, 0.4) is 0 Å². The van der Waals surface area contributed by atoms with Crippen molar-refractivity contribution in [1.82, 2.24) is 9.97 Å². The maximum Gasteiger partial charge on any atom is 0.357 e. The van der Waals surface area contributed by atoms with Gasteiger partial charge in [-0.1, -0.05) is 44.2 Å². The summed E-state index contributed by atoms with van der Waals surface area (Å²) in [7, 11) is 0. The van der Waals surface area contributed by atoms with Gasteiger partial charge in [0, 0.05) is 0 Å². The van der Waals surface area contributed by atoms with E-state index in [9.17, 15) is 19.7 Å². The molecule has 0 unspecified atom stereocenters. The van der Waals surface area contributed by atoms with Crippen LogP contribution in [0.15, 0.2) is 33.9 Å². The highest BCUT2D eigenvalue weighted by Crippen LogP contribution is 2.17. The molecule has 22 heavy (non-hydrogen) atoms. The van der Waals surface area contributed by atoms with Crippen molar-refractivity contribution in [2.75, 3.05) is 0 Å². The molecule has 0 aliphatic rings. The number of aromatic amines is 2. The molecule has 0 radical (unpaired) electrons. The molecule has 1 heterocycles. The zero-order valence-corrected chi connectivity index (χ0v) is 12.1. The molecule has 2 N–H and O–H groups in total. The Hall–Kier alpha value is -2.96. The van der Waals surface area contributed by atoms with Crippen molar-refractivity contribution in [2.24, 2.45) is 0 Å². The fraction of sp³-hybridized carbons (Fsp3) is 0.200. The number of hydrogen-bond donors (Lipinski definition) is 2. The fourth-order valence-electron chi connectivity index (χ4n) is 1.97. The van der Waals surface area contributed by atoms with Crippen molar-refractivity contribution in [3.05, 3.63) is 72.0 Å². The SMILES string of the molecule is CC(C)c1ccc(/C=C/c2[nH]c(=O)[nH]c(=O)c2[N+](=O)[O-])cc1. The van der Waals surface area contributed by atoms with Gasteiger partial charge in [0.2, 0.25) is 0 Å². The first-order valence-corrected chi connectivity index (χ1v) is 6.67. The van der Waals surface area contributed by atoms with E-state index in [1.165, 1.54) is 11.6 Å². The van der Waals surface area contributed by atoms with Gasteiger partial charge < -0.3 is 4.98 Å². The third-order valence-corrected chi connectivity index (χ3v) is 3.17. The van der Waals surface area contributed by atoms with Crippen molar-refractivity contribution in [1.29, 1.82) is 0 Å². The van der Waals surface area contributed by atoms with Crippen LogP contribution < -0.4 is 11.2 Å². The van der Waals surface area contributed by atoms with Crippen LogP contribution in [0.5, 0.6) is 0 Å². The lowest BCUT2D eigenvalue weighted by Crippen LogP contribution is -2.25. The predicted molar refractivity (Wildman–Crippen MR) is 83.8 cm³/mol. The number of rotatable bonds is 4. The minimum Gasteiger partial charge on any atom is -0.301 e. The van der Waals surface area contributed by atoms with Gasteiger partial charge in [0.25, 0.3) is 0 Å². The summed E-state index contributed by atoms with van der Waals surface area (Å²) in [5.74, 6) is 0.406. The summed E-state index contributed by atoms with van der Waals surface area (Å²) in [5, 5.41) is 10.9. The smallest absolute Gasteiger partial charge is 0.301 e. The van der Waals surface area contributed by atoms with Crippen LogP contribution >= 0.6 is 0 Å². The van der Waals surface area contributed by atoms with E-state index in [0.29, 0.717) is 5.92 Å². The van der Waals surface area contributed by atoms with Gasteiger partial charge in [-0.3, -0.25) is 19.9 Å². The molecule has 1 aromatic carbocycles. The Morgan fingerprint density at radius 2 is 1.73 bits per heavy atom. The number of nitrogens with zero attached hydrogens (tertiary/aromatic N) is 1. The summed E-state index contributed by atoms with van der Waals surface area (Å²) in [6, 6.07) is 7.64. The summed E-state index contributed by atoms with van der Waals surface area (Å²) in [6.45, 7) is 4.16. The molecule has 2 rings (SSSR count). The topological polar surface area (TPSA) is 109 Å². The van der Waals surface area contributed by atoms with E-state index < -0.39 is 21.9 Å². The van der Waals surface area contributed by atoms with Gasteiger partial charge >= 0.3 is 16.9 Å². The van der Waals surface area contributed by atoms with Crippen molar-refractivity contribution < 1.29 is 4.92 Å². The van der Waals surface area contributed by atoms with Gasteiger partial charge in [0.15, 0.2) is 0 Å². The molecular weight excluding hydrogens is 286 g/mol. The van der Waals surface area contributed by atoms with Crippen LogP contribution in [0, 0.1) is 10.1 Å². The molecule has 0 atom stereocenters. The second-order valence-corrected chi connectivity index (χ2v) is 5.08. The van der Waals surface area contributed by atoms with Crippen LogP contribution in [0.25, 0.3) is 12.2 Å². The Bertz CT molecular complexity index is 829. The molecule has 0 bridgehead atoms. The van der Waals surface area contributed by atoms with Crippen LogP contribution in [0.2, 0.25) is 0 Å². The van der Waals surface area contributed by atoms with Crippen LogP contribution in [0.1, 0.15) is 36.6 Å². The van der Waals surface area contributed by atoms with Crippen molar-refractivity contribution >= 4 is 17.8 Å². The van der Waals surface area contributed by atoms with E-state index in [4.69, 9.17) is 0 Å². The lowest BCUT2D eigenvalue weighted by Gasteiger charge is -2.04. The van der Waals surface area contributed by atoms with E-state index in [1.54, 1.807) is 6.08 Å². The fourth-order valence-corrected chi connectivity index (χ4v) is 1.97. The highest BCUT2D eigenvalue weighted by molar-refractivity contribution is 5.71. The normalized spacial score (nSPS) is 11.2. The average molecular weight is 301 g/mol. The van der Waals surface area contributed by atoms with Gasteiger partial charge in [-0.15, -0.1) is 0 Å². The van der Waals surface area contributed by atoms with Crippen LogP contribution in [0.4, 0.5) is 5.69 Å². The molecule has 0 fully saturated rings. The van der Waals surface area contributed by atoms with E-state index in [1.807, 2.05) is 29.2 Å². The molecule has 0 aliphatic carbocycles. The molecule has 1 aromatic heterocycles. The quantitative estimate of drug-likeness (QED) is 0.666. The standard InChI is InChI=1S/C15H15N3O4/c1-9(2)11-6-3-10(4-7-11)5-8-12-13(18(21)22)14(19)17-15(20)16-12/h3-9H,1-2H3,(H2,16,17,19,20)/b8-5+. The zero-order chi connectivity index (χ0) is 16.3. The molecule has 0 amide bonds. The Morgan fingerprint density at radius 3 is 2.27 bits per heavy atom. The van der Waals surface area contributed by atoms with E-state index in [-0.39, 0.29) is 5.69 Å². The van der Waals surface area contributed by atoms with Crippen molar-refractivity contribution in [2.45, 2.75) is 19.8 Å². The Balaban J connectivity index is 2.40. The van der Waals surface area contributed by atoms with Crippen LogP contribution in [-0.4, -0.2) is 14.9 Å². The molecular formula is C15H15N3O4. The first-order valence-electron chi connectivity index (χ1n) is 6.67. The van der Waals surface area contributed by atoms with E-state index in [2.05, 4.69) is 18.8 Å². The first kappa shape index (κ1) is 15.4. The molecule has 2 aromatic rings. The van der Waals surface area contributed by atoms with E-state index in [0.717, 1.165) is 5.56 Å². The second-order valence-electron chi connectivity index (χ2n) is 5.08. The highest BCUT2D eigenvalue weighted by atomic mass is 16.6. The van der Waals surface area contributed by atoms with Crippen molar-refractivity contribution in [3.8, 4) is 0 Å². The van der Waals surface area contributed by atoms with Gasteiger partial charge in [-0.25, -0.2) is 4.79 Å². The summed E-state index contributed by atoms with van der Waals surface area (Å²) >= 11 is 0.